The molecule has 28 heavy (non-hydrogen) atoms. The number of carbonyl (C=O) groups is 1. The number of methoxy groups -OCH3 is 1. The molecule has 0 radical (unpaired) electrons. The predicted molar refractivity (Wildman–Crippen MR) is 106 cm³/mol. The standard InChI is InChI=1S/C19H18N4O4.ClH/c1-26-17-7-6-16(20-21-17)22-8-10-23(11-9-22)18(24)14-12-13-4-2-3-5-15(13)27-19(14)25;/h2-7,12H,8-11H2,1H3;1H. The van der Waals surface area contributed by atoms with Crippen molar-refractivity contribution in [3.63, 3.8) is 0 Å². The van der Waals surface area contributed by atoms with Crippen LogP contribution in [0.4, 0.5) is 5.82 Å². The zero-order valence-corrected chi connectivity index (χ0v) is 16.0. The number of piperazine rings is 1. The minimum atomic E-state index is -0.609. The number of halogens is 1. The lowest BCUT2D eigenvalue weighted by molar-refractivity contribution is 0.0742. The first kappa shape index (κ1) is 19.6. The van der Waals surface area contributed by atoms with Crippen molar-refractivity contribution >= 4 is 35.1 Å². The summed E-state index contributed by atoms with van der Waals surface area (Å²) in [5.74, 6) is 0.874. The summed E-state index contributed by atoms with van der Waals surface area (Å²) in [7, 11) is 1.54. The van der Waals surface area contributed by atoms with Crippen molar-refractivity contribution in [1.82, 2.24) is 15.1 Å². The van der Waals surface area contributed by atoms with Crippen LogP contribution in [0.25, 0.3) is 11.0 Å². The maximum atomic E-state index is 12.8. The van der Waals surface area contributed by atoms with E-state index in [-0.39, 0.29) is 23.9 Å². The van der Waals surface area contributed by atoms with Crippen molar-refractivity contribution in [3.8, 4) is 5.88 Å². The summed E-state index contributed by atoms with van der Waals surface area (Å²) in [5.41, 5.74) is -0.0736. The minimum absolute atomic E-state index is 0. The first-order valence-electron chi connectivity index (χ1n) is 8.60. The first-order chi connectivity index (χ1) is 13.2. The molecule has 8 nitrogen and oxygen atoms in total. The van der Waals surface area contributed by atoms with Gasteiger partial charge in [-0.2, -0.15) is 0 Å². The minimum Gasteiger partial charge on any atom is -0.480 e. The Morgan fingerprint density at radius 2 is 1.82 bits per heavy atom. The summed E-state index contributed by atoms with van der Waals surface area (Å²) < 4.78 is 10.3. The molecule has 0 unspecified atom stereocenters. The van der Waals surface area contributed by atoms with E-state index in [1.54, 1.807) is 29.2 Å². The Hall–Kier alpha value is -3.13. The van der Waals surface area contributed by atoms with Crippen molar-refractivity contribution in [2.45, 2.75) is 0 Å². The summed E-state index contributed by atoms with van der Waals surface area (Å²) >= 11 is 0. The zero-order chi connectivity index (χ0) is 18.8. The molecule has 1 amide bonds. The van der Waals surface area contributed by atoms with Crippen LogP contribution in [0.3, 0.4) is 0 Å². The Morgan fingerprint density at radius 3 is 2.50 bits per heavy atom. The largest absolute Gasteiger partial charge is 0.480 e. The van der Waals surface area contributed by atoms with Gasteiger partial charge in [0.25, 0.3) is 5.91 Å². The number of carbonyl (C=O) groups excluding carboxylic acids is 1. The third-order valence-electron chi connectivity index (χ3n) is 4.60. The molecule has 0 bridgehead atoms. The van der Waals surface area contributed by atoms with Crippen molar-refractivity contribution < 1.29 is 13.9 Å². The van der Waals surface area contributed by atoms with E-state index in [4.69, 9.17) is 9.15 Å². The van der Waals surface area contributed by atoms with E-state index in [1.165, 1.54) is 7.11 Å². The molecule has 1 aliphatic heterocycles. The van der Waals surface area contributed by atoms with Crippen molar-refractivity contribution in [3.05, 3.63) is 58.4 Å². The average Bonchev–Trinajstić information content (AvgIpc) is 2.73. The highest BCUT2D eigenvalue weighted by Crippen LogP contribution is 2.17. The van der Waals surface area contributed by atoms with Gasteiger partial charge in [0.1, 0.15) is 11.1 Å². The highest BCUT2D eigenvalue weighted by atomic mass is 35.5. The second-order valence-electron chi connectivity index (χ2n) is 6.20. The van der Waals surface area contributed by atoms with Crippen molar-refractivity contribution in [2.75, 3.05) is 38.2 Å². The maximum Gasteiger partial charge on any atom is 0.349 e. The Bertz CT molecular complexity index is 1030. The van der Waals surface area contributed by atoms with Crippen LogP contribution < -0.4 is 15.3 Å². The van der Waals surface area contributed by atoms with Crippen LogP contribution in [0.1, 0.15) is 10.4 Å². The number of aromatic nitrogens is 2. The van der Waals surface area contributed by atoms with Crippen LogP contribution in [0, 0.1) is 0 Å². The van der Waals surface area contributed by atoms with Gasteiger partial charge < -0.3 is 19.0 Å². The van der Waals surface area contributed by atoms with Crippen LogP contribution in [0.15, 0.2) is 51.7 Å². The first-order valence-corrected chi connectivity index (χ1v) is 8.60. The molecule has 0 spiro atoms. The molecular weight excluding hydrogens is 384 g/mol. The van der Waals surface area contributed by atoms with Gasteiger partial charge in [-0.05, 0) is 18.2 Å². The molecule has 1 saturated heterocycles. The van der Waals surface area contributed by atoms with Gasteiger partial charge in [-0.25, -0.2) is 4.79 Å². The number of anilines is 1. The number of para-hydroxylation sites is 1. The molecule has 0 N–H and O–H groups in total. The van der Waals surface area contributed by atoms with E-state index >= 15 is 0 Å². The fourth-order valence-corrected chi connectivity index (χ4v) is 3.11. The molecule has 0 atom stereocenters. The number of rotatable bonds is 3. The molecule has 146 valence electrons. The number of fused-ring (bicyclic) bond motifs is 1. The van der Waals surface area contributed by atoms with E-state index in [0.717, 1.165) is 11.2 Å². The predicted octanol–water partition coefficient (Wildman–Crippen LogP) is 1.98. The third kappa shape index (κ3) is 3.77. The van der Waals surface area contributed by atoms with Gasteiger partial charge >= 0.3 is 5.63 Å². The van der Waals surface area contributed by atoms with E-state index in [2.05, 4.69) is 10.2 Å². The fraction of sp³-hybridized carbons (Fsp3) is 0.263. The molecule has 3 aromatic rings. The van der Waals surface area contributed by atoms with Crippen LogP contribution in [0.5, 0.6) is 5.88 Å². The number of hydrogen-bond acceptors (Lipinski definition) is 7. The molecule has 2 aromatic heterocycles. The van der Waals surface area contributed by atoms with Gasteiger partial charge in [-0.15, -0.1) is 22.6 Å². The molecule has 3 heterocycles. The number of ether oxygens (including phenoxy) is 1. The van der Waals surface area contributed by atoms with E-state index in [1.807, 2.05) is 23.1 Å². The topological polar surface area (TPSA) is 88.8 Å². The normalized spacial score (nSPS) is 13.9. The Kier molecular flexibility index (Phi) is 5.79. The monoisotopic (exact) mass is 402 g/mol. The molecule has 4 rings (SSSR count). The highest BCUT2D eigenvalue weighted by Gasteiger charge is 2.25. The SMILES string of the molecule is COc1ccc(N2CCN(C(=O)c3cc4ccccc4oc3=O)CC2)nn1.Cl. The van der Waals surface area contributed by atoms with Gasteiger partial charge in [0.05, 0.1) is 7.11 Å². The highest BCUT2D eigenvalue weighted by molar-refractivity contribution is 5.96. The van der Waals surface area contributed by atoms with Crippen molar-refractivity contribution in [2.24, 2.45) is 0 Å². The zero-order valence-electron chi connectivity index (χ0n) is 15.2. The average molecular weight is 403 g/mol. The van der Waals surface area contributed by atoms with E-state index in [9.17, 15) is 9.59 Å². The molecule has 1 aliphatic rings. The van der Waals surface area contributed by atoms with E-state index in [0.29, 0.717) is 37.6 Å². The Balaban J connectivity index is 0.00000225. The third-order valence-corrected chi connectivity index (χ3v) is 4.60. The molecule has 1 aromatic carbocycles. The smallest absolute Gasteiger partial charge is 0.349 e. The number of benzene rings is 1. The lowest BCUT2D eigenvalue weighted by Gasteiger charge is -2.35. The fourth-order valence-electron chi connectivity index (χ4n) is 3.11. The lowest BCUT2D eigenvalue weighted by atomic mass is 10.1. The van der Waals surface area contributed by atoms with Gasteiger partial charge in [0.2, 0.25) is 5.88 Å². The second kappa shape index (κ2) is 8.26. The van der Waals surface area contributed by atoms with Gasteiger partial charge in [-0.3, -0.25) is 4.79 Å². The van der Waals surface area contributed by atoms with Crippen LogP contribution in [-0.4, -0.2) is 54.3 Å². The number of hydrogen-bond donors (Lipinski definition) is 0. The number of amides is 1. The van der Waals surface area contributed by atoms with Gasteiger partial charge in [0, 0.05) is 37.6 Å². The molecule has 0 saturated carbocycles. The summed E-state index contributed by atoms with van der Waals surface area (Å²) in [6.45, 7) is 2.18. The van der Waals surface area contributed by atoms with Gasteiger partial charge in [0.15, 0.2) is 5.82 Å². The molecule has 9 heteroatoms. The summed E-state index contributed by atoms with van der Waals surface area (Å²) in [6.07, 6.45) is 0. The Morgan fingerprint density at radius 1 is 1.07 bits per heavy atom. The summed E-state index contributed by atoms with van der Waals surface area (Å²) in [5, 5.41) is 8.83. The summed E-state index contributed by atoms with van der Waals surface area (Å²) in [4.78, 5) is 28.7. The molecule has 1 fully saturated rings. The summed E-state index contributed by atoms with van der Waals surface area (Å²) in [6, 6.07) is 12.3. The number of nitrogens with zero attached hydrogens (tertiary/aromatic N) is 4. The quantitative estimate of drug-likeness (QED) is 0.619. The van der Waals surface area contributed by atoms with Crippen LogP contribution >= 0.6 is 12.4 Å². The van der Waals surface area contributed by atoms with Crippen LogP contribution in [0.2, 0.25) is 0 Å². The molecular formula is C19H19ClN4O4. The van der Waals surface area contributed by atoms with Crippen LogP contribution in [-0.2, 0) is 0 Å². The maximum absolute atomic E-state index is 12.8. The molecule has 0 aliphatic carbocycles. The lowest BCUT2D eigenvalue weighted by Crippen LogP contribution is -2.49. The second-order valence-corrected chi connectivity index (χ2v) is 6.20. The van der Waals surface area contributed by atoms with E-state index < -0.39 is 5.63 Å². The van der Waals surface area contributed by atoms with Crippen molar-refractivity contribution in [1.29, 1.82) is 0 Å². The van der Waals surface area contributed by atoms with Gasteiger partial charge in [-0.1, -0.05) is 18.2 Å². The Labute approximate surface area is 167 Å².